The van der Waals surface area contributed by atoms with E-state index < -0.39 is 0 Å². The number of nitrogens with zero attached hydrogens (tertiary/aromatic N) is 1. The minimum atomic E-state index is 0.210. The van der Waals surface area contributed by atoms with E-state index in [-0.39, 0.29) is 12.5 Å². The molecule has 1 aromatic heterocycles. The monoisotopic (exact) mass is 247 g/mol. The zero-order valence-corrected chi connectivity index (χ0v) is 10.8. The van der Waals surface area contributed by atoms with Crippen LogP contribution in [0.25, 0.3) is 0 Å². The summed E-state index contributed by atoms with van der Waals surface area (Å²) in [4.78, 5) is 5.58. The Labute approximate surface area is 106 Å². The van der Waals surface area contributed by atoms with Crippen LogP contribution in [-0.4, -0.2) is 16.7 Å². The third-order valence-electron chi connectivity index (χ3n) is 3.06. The van der Waals surface area contributed by atoms with Crippen molar-refractivity contribution >= 4 is 11.3 Å². The van der Waals surface area contributed by atoms with E-state index in [1.807, 2.05) is 30.6 Å². The molecule has 1 aromatic carbocycles. The second-order valence-electron chi connectivity index (χ2n) is 4.19. The van der Waals surface area contributed by atoms with Crippen molar-refractivity contribution < 1.29 is 5.11 Å². The van der Waals surface area contributed by atoms with Crippen LogP contribution in [0.1, 0.15) is 28.5 Å². The number of hydrogen-bond donors (Lipinski definition) is 1. The number of thiazole rings is 1. The smallest absolute Gasteiger partial charge is 0.0797 e. The van der Waals surface area contributed by atoms with Gasteiger partial charge in [-0.25, -0.2) is 4.98 Å². The Kier molecular flexibility index (Phi) is 4.29. The Morgan fingerprint density at radius 2 is 2.06 bits per heavy atom. The van der Waals surface area contributed by atoms with Crippen molar-refractivity contribution in [1.29, 1.82) is 0 Å². The predicted molar refractivity (Wildman–Crippen MR) is 71.4 cm³/mol. The predicted octanol–water partition coefficient (Wildman–Crippen LogP) is 3.16. The summed E-state index contributed by atoms with van der Waals surface area (Å²) in [5.74, 6) is 0.234. The van der Waals surface area contributed by atoms with Gasteiger partial charge >= 0.3 is 0 Å². The largest absolute Gasteiger partial charge is 0.396 e. The minimum Gasteiger partial charge on any atom is -0.396 e. The number of aryl methyl sites for hydroxylation is 2. The van der Waals surface area contributed by atoms with Gasteiger partial charge < -0.3 is 5.11 Å². The van der Waals surface area contributed by atoms with Crippen LogP contribution >= 0.6 is 11.3 Å². The molecule has 2 rings (SSSR count). The highest BCUT2D eigenvalue weighted by atomic mass is 32.1. The van der Waals surface area contributed by atoms with Crippen LogP contribution in [0, 0.1) is 6.92 Å². The van der Waals surface area contributed by atoms with Crippen molar-refractivity contribution in [3.63, 3.8) is 0 Å². The van der Waals surface area contributed by atoms with Gasteiger partial charge in [0, 0.05) is 17.4 Å². The summed E-state index contributed by atoms with van der Waals surface area (Å²) in [6.45, 7) is 2.25. The molecule has 1 unspecified atom stereocenters. The van der Waals surface area contributed by atoms with Crippen molar-refractivity contribution in [2.24, 2.45) is 0 Å². The molecule has 2 nitrogen and oxygen atoms in total. The van der Waals surface area contributed by atoms with Gasteiger partial charge in [-0.3, -0.25) is 0 Å². The summed E-state index contributed by atoms with van der Waals surface area (Å²) in [7, 11) is 0. The summed E-state index contributed by atoms with van der Waals surface area (Å²) >= 11 is 1.70. The first kappa shape index (κ1) is 12.3. The molecule has 0 saturated carbocycles. The van der Waals surface area contributed by atoms with Gasteiger partial charge in [0.15, 0.2) is 0 Å². The van der Waals surface area contributed by atoms with Crippen molar-refractivity contribution in [3.05, 3.63) is 52.0 Å². The molecule has 0 spiro atoms. The first-order chi connectivity index (χ1) is 8.31. The molecule has 1 atom stereocenters. The Balaban J connectivity index is 1.99. The molecule has 1 heterocycles. The van der Waals surface area contributed by atoms with Gasteiger partial charge in [-0.15, -0.1) is 11.3 Å². The Hall–Kier alpha value is -1.19. The van der Waals surface area contributed by atoms with Gasteiger partial charge in [0.05, 0.1) is 11.2 Å². The van der Waals surface area contributed by atoms with Gasteiger partial charge in [0.1, 0.15) is 0 Å². The lowest BCUT2D eigenvalue weighted by atomic mass is 9.94. The van der Waals surface area contributed by atoms with E-state index in [1.54, 1.807) is 11.3 Å². The highest BCUT2D eigenvalue weighted by molar-refractivity contribution is 7.09. The van der Waals surface area contributed by atoms with Crippen LogP contribution in [0.5, 0.6) is 0 Å². The molecule has 1 N–H and O–H groups in total. The second kappa shape index (κ2) is 5.94. The fourth-order valence-corrected chi connectivity index (χ4v) is 2.76. The van der Waals surface area contributed by atoms with Crippen molar-refractivity contribution in [3.8, 4) is 0 Å². The molecule has 0 radical (unpaired) electrons. The van der Waals surface area contributed by atoms with E-state index in [9.17, 15) is 5.11 Å². The standard InChI is InChI=1S/C14H17NOS/c1-11-14(17-10-15-11)8-7-13(9-16)12-5-3-2-4-6-12/h2-6,10,13,16H,7-9H2,1H3. The fraction of sp³-hybridized carbons (Fsp3) is 0.357. The molecule has 0 bridgehead atoms. The highest BCUT2D eigenvalue weighted by Crippen LogP contribution is 2.23. The van der Waals surface area contributed by atoms with Crippen LogP contribution in [0.4, 0.5) is 0 Å². The summed E-state index contributed by atoms with van der Waals surface area (Å²) in [5.41, 5.74) is 4.23. The molecule has 3 heteroatoms. The first-order valence-corrected chi connectivity index (χ1v) is 6.74. The van der Waals surface area contributed by atoms with Crippen molar-refractivity contribution in [2.45, 2.75) is 25.7 Å². The second-order valence-corrected chi connectivity index (χ2v) is 5.13. The van der Waals surface area contributed by atoms with Gasteiger partial charge in [0.25, 0.3) is 0 Å². The molecule has 0 aliphatic carbocycles. The van der Waals surface area contributed by atoms with Crippen LogP contribution in [0.3, 0.4) is 0 Å². The van der Waals surface area contributed by atoms with E-state index in [0.717, 1.165) is 18.5 Å². The summed E-state index contributed by atoms with van der Waals surface area (Å²) in [6.07, 6.45) is 1.97. The zero-order chi connectivity index (χ0) is 12.1. The van der Waals surface area contributed by atoms with Crippen LogP contribution in [-0.2, 0) is 6.42 Å². The maximum Gasteiger partial charge on any atom is 0.0797 e. The van der Waals surface area contributed by atoms with E-state index in [0.29, 0.717) is 0 Å². The molecular formula is C14H17NOS. The van der Waals surface area contributed by atoms with Gasteiger partial charge in [-0.1, -0.05) is 30.3 Å². The number of benzene rings is 1. The van der Waals surface area contributed by atoms with Crippen LogP contribution in [0.15, 0.2) is 35.8 Å². The van der Waals surface area contributed by atoms with Crippen LogP contribution in [0.2, 0.25) is 0 Å². The lowest BCUT2D eigenvalue weighted by molar-refractivity contribution is 0.259. The van der Waals surface area contributed by atoms with Gasteiger partial charge in [-0.05, 0) is 25.3 Å². The van der Waals surface area contributed by atoms with Gasteiger partial charge in [-0.2, -0.15) is 0 Å². The van der Waals surface area contributed by atoms with E-state index in [2.05, 4.69) is 17.1 Å². The van der Waals surface area contributed by atoms with Crippen LogP contribution < -0.4 is 0 Å². The number of aliphatic hydroxyl groups excluding tert-OH is 1. The highest BCUT2D eigenvalue weighted by Gasteiger charge is 2.11. The van der Waals surface area contributed by atoms with Crippen molar-refractivity contribution in [2.75, 3.05) is 6.61 Å². The van der Waals surface area contributed by atoms with Crippen molar-refractivity contribution in [1.82, 2.24) is 4.98 Å². The summed E-state index contributed by atoms with van der Waals surface area (Å²) in [6, 6.07) is 10.2. The molecule has 0 aliphatic rings. The molecular weight excluding hydrogens is 230 g/mol. The minimum absolute atomic E-state index is 0.210. The molecule has 17 heavy (non-hydrogen) atoms. The number of aromatic nitrogens is 1. The average Bonchev–Trinajstić information content (AvgIpc) is 2.77. The first-order valence-electron chi connectivity index (χ1n) is 5.86. The van der Waals surface area contributed by atoms with E-state index in [1.165, 1.54) is 10.4 Å². The number of aliphatic hydroxyl groups is 1. The number of hydrogen-bond acceptors (Lipinski definition) is 3. The molecule has 2 aromatic rings. The maximum atomic E-state index is 9.47. The van der Waals surface area contributed by atoms with E-state index in [4.69, 9.17) is 0 Å². The molecule has 90 valence electrons. The molecule has 0 aliphatic heterocycles. The fourth-order valence-electron chi connectivity index (χ4n) is 1.96. The van der Waals surface area contributed by atoms with E-state index >= 15 is 0 Å². The topological polar surface area (TPSA) is 33.1 Å². The lowest BCUT2D eigenvalue weighted by Gasteiger charge is -2.13. The lowest BCUT2D eigenvalue weighted by Crippen LogP contribution is -2.05. The molecule has 0 amide bonds. The number of rotatable bonds is 5. The molecule has 0 saturated heterocycles. The molecule has 0 fully saturated rings. The van der Waals surface area contributed by atoms with Gasteiger partial charge in [0.2, 0.25) is 0 Å². The third-order valence-corrected chi connectivity index (χ3v) is 4.05. The quantitative estimate of drug-likeness (QED) is 0.880. The summed E-state index contributed by atoms with van der Waals surface area (Å²) in [5, 5.41) is 9.47. The maximum absolute atomic E-state index is 9.47. The normalized spacial score (nSPS) is 12.6. The zero-order valence-electron chi connectivity index (χ0n) is 9.97. The Morgan fingerprint density at radius 3 is 2.65 bits per heavy atom. The Bertz CT molecular complexity index is 452. The Morgan fingerprint density at radius 1 is 1.29 bits per heavy atom. The summed E-state index contributed by atoms with van der Waals surface area (Å²) < 4.78 is 0. The SMILES string of the molecule is Cc1ncsc1CCC(CO)c1ccccc1. The third kappa shape index (κ3) is 3.14. The average molecular weight is 247 g/mol.